The minimum atomic E-state index is -0.374. The number of rotatable bonds is 6. The Morgan fingerprint density at radius 2 is 1.36 bits per heavy atom. The maximum Gasteiger partial charge on any atom is 0.165 e. The lowest BCUT2D eigenvalue weighted by Gasteiger charge is -2.20. The summed E-state index contributed by atoms with van der Waals surface area (Å²) in [6.07, 6.45) is 0.201. The number of hydrogen-bond acceptors (Lipinski definition) is 2. The van der Waals surface area contributed by atoms with Gasteiger partial charge < -0.3 is 5.32 Å². The average molecular weight is 337 g/mol. The van der Waals surface area contributed by atoms with Gasteiger partial charge in [-0.05, 0) is 54.1 Å². The molecular weight excluding hydrogens is 320 g/mol. The van der Waals surface area contributed by atoms with Crippen LogP contribution in [0.1, 0.15) is 28.4 Å². The van der Waals surface area contributed by atoms with Crippen molar-refractivity contribution in [2.75, 3.05) is 5.32 Å². The summed E-state index contributed by atoms with van der Waals surface area (Å²) in [4.78, 5) is 12.6. The minimum absolute atomic E-state index is 0.0940. The fourth-order valence-electron chi connectivity index (χ4n) is 2.62. The van der Waals surface area contributed by atoms with Gasteiger partial charge in [-0.25, -0.2) is 8.78 Å². The molecule has 0 radical (unpaired) electrons. The van der Waals surface area contributed by atoms with E-state index in [9.17, 15) is 13.6 Å². The van der Waals surface area contributed by atoms with Crippen LogP contribution < -0.4 is 5.32 Å². The molecular formula is C21H17F2NO. The molecule has 0 aliphatic rings. The molecule has 3 aromatic rings. The van der Waals surface area contributed by atoms with Crippen molar-refractivity contribution in [3.63, 3.8) is 0 Å². The lowest BCUT2D eigenvalue weighted by Crippen LogP contribution is -2.15. The standard InChI is InChI=1S/C21H17F2NO/c22-17-8-6-16(7-9-17)21(25)14-20(15-4-2-1-3-5-15)24-19-12-10-18(23)11-13-19/h1-13,20,24H,14H2. The molecule has 126 valence electrons. The van der Waals surface area contributed by atoms with E-state index in [0.717, 1.165) is 11.3 Å². The van der Waals surface area contributed by atoms with Crippen molar-refractivity contribution in [1.29, 1.82) is 0 Å². The summed E-state index contributed by atoms with van der Waals surface area (Å²) in [5, 5.41) is 3.27. The zero-order valence-electron chi connectivity index (χ0n) is 13.5. The fourth-order valence-corrected chi connectivity index (χ4v) is 2.62. The van der Waals surface area contributed by atoms with Crippen LogP contribution in [0, 0.1) is 11.6 Å². The fraction of sp³-hybridized carbons (Fsp3) is 0.0952. The molecule has 0 aliphatic heterocycles. The molecule has 1 unspecified atom stereocenters. The molecule has 0 fully saturated rings. The maximum atomic E-state index is 13.1. The molecule has 0 aliphatic carbocycles. The molecule has 0 aromatic heterocycles. The molecule has 25 heavy (non-hydrogen) atoms. The third-order valence-corrected chi connectivity index (χ3v) is 3.94. The van der Waals surface area contributed by atoms with Crippen LogP contribution in [-0.4, -0.2) is 5.78 Å². The van der Waals surface area contributed by atoms with Crippen molar-refractivity contribution in [1.82, 2.24) is 0 Å². The monoisotopic (exact) mass is 337 g/mol. The molecule has 0 bridgehead atoms. The average Bonchev–Trinajstić information content (AvgIpc) is 2.64. The highest BCUT2D eigenvalue weighted by Gasteiger charge is 2.17. The summed E-state index contributed by atoms with van der Waals surface area (Å²) in [6, 6.07) is 20.8. The van der Waals surface area contributed by atoms with Crippen molar-refractivity contribution >= 4 is 11.5 Å². The Hall–Kier alpha value is -3.01. The Morgan fingerprint density at radius 1 is 0.800 bits per heavy atom. The van der Waals surface area contributed by atoms with E-state index in [1.165, 1.54) is 36.4 Å². The molecule has 0 saturated carbocycles. The molecule has 0 spiro atoms. The highest BCUT2D eigenvalue weighted by atomic mass is 19.1. The van der Waals surface area contributed by atoms with Crippen LogP contribution in [0.25, 0.3) is 0 Å². The van der Waals surface area contributed by atoms with Gasteiger partial charge in [-0.1, -0.05) is 30.3 Å². The van der Waals surface area contributed by atoms with Gasteiger partial charge in [0.25, 0.3) is 0 Å². The van der Waals surface area contributed by atoms with Gasteiger partial charge in [0.2, 0.25) is 0 Å². The number of carbonyl (C=O) groups excluding carboxylic acids is 1. The van der Waals surface area contributed by atoms with Gasteiger partial charge in [0, 0.05) is 17.7 Å². The van der Waals surface area contributed by atoms with Gasteiger partial charge >= 0.3 is 0 Å². The van der Waals surface area contributed by atoms with Crippen molar-refractivity contribution < 1.29 is 13.6 Å². The van der Waals surface area contributed by atoms with Gasteiger partial charge in [0.05, 0.1) is 6.04 Å². The summed E-state index contributed by atoms with van der Waals surface area (Å²) in [5.74, 6) is -0.784. The predicted molar refractivity (Wildman–Crippen MR) is 94.6 cm³/mol. The molecule has 2 nitrogen and oxygen atoms in total. The molecule has 0 heterocycles. The van der Waals surface area contributed by atoms with Crippen LogP contribution in [0.5, 0.6) is 0 Å². The number of nitrogens with one attached hydrogen (secondary N) is 1. The van der Waals surface area contributed by atoms with E-state index in [1.54, 1.807) is 12.1 Å². The summed E-state index contributed by atoms with van der Waals surface area (Å²) in [5.41, 5.74) is 2.13. The molecule has 1 atom stereocenters. The smallest absolute Gasteiger partial charge is 0.165 e. The van der Waals surface area contributed by atoms with Crippen molar-refractivity contribution in [3.05, 3.63) is 102 Å². The van der Waals surface area contributed by atoms with Gasteiger partial charge in [0.15, 0.2) is 5.78 Å². The number of carbonyl (C=O) groups is 1. The lowest BCUT2D eigenvalue weighted by atomic mass is 9.97. The Labute approximate surface area is 145 Å². The molecule has 0 amide bonds. The van der Waals surface area contributed by atoms with E-state index in [2.05, 4.69) is 5.32 Å². The maximum absolute atomic E-state index is 13.1. The van der Waals surface area contributed by atoms with Crippen molar-refractivity contribution in [2.24, 2.45) is 0 Å². The number of hydrogen-bond donors (Lipinski definition) is 1. The highest BCUT2D eigenvalue weighted by Crippen LogP contribution is 2.24. The largest absolute Gasteiger partial charge is 0.378 e. The number of halogens is 2. The first-order chi connectivity index (χ1) is 12.1. The number of benzene rings is 3. The van der Waals surface area contributed by atoms with Crippen LogP contribution in [0.15, 0.2) is 78.9 Å². The predicted octanol–water partition coefficient (Wildman–Crippen LogP) is 5.39. The molecule has 0 saturated heterocycles. The second kappa shape index (κ2) is 7.71. The van der Waals surface area contributed by atoms with Gasteiger partial charge in [-0.2, -0.15) is 0 Å². The molecule has 3 aromatic carbocycles. The van der Waals surface area contributed by atoms with E-state index < -0.39 is 0 Å². The normalized spacial score (nSPS) is 11.8. The minimum Gasteiger partial charge on any atom is -0.378 e. The third-order valence-electron chi connectivity index (χ3n) is 3.94. The zero-order chi connectivity index (χ0) is 17.6. The van der Waals surface area contributed by atoms with E-state index in [4.69, 9.17) is 0 Å². The second-order valence-electron chi connectivity index (χ2n) is 5.75. The SMILES string of the molecule is O=C(CC(Nc1ccc(F)cc1)c1ccccc1)c1ccc(F)cc1. The third kappa shape index (κ3) is 4.51. The van der Waals surface area contributed by atoms with Gasteiger partial charge in [-0.3, -0.25) is 4.79 Å². The van der Waals surface area contributed by atoms with Crippen molar-refractivity contribution in [2.45, 2.75) is 12.5 Å². The van der Waals surface area contributed by atoms with Crippen LogP contribution in [0.2, 0.25) is 0 Å². The summed E-state index contributed by atoms with van der Waals surface area (Å²) in [7, 11) is 0. The van der Waals surface area contributed by atoms with Crippen LogP contribution in [0.3, 0.4) is 0 Å². The van der Waals surface area contributed by atoms with Crippen LogP contribution in [-0.2, 0) is 0 Å². The number of ketones is 1. The Bertz CT molecular complexity index is 830. The van der Waals surface area contributed by atoms with E-state index in [0.29, 0.717) is 5.56 Å². The van der Waals surface area contributed by atoms with E-state index in [1.807, 2.05) is 30.3 Å². The molecule has 3 rings (SSSR count). The lowest BCUT2D eigenvalue weighted by molar-refractivity contribution is 0.0976. The van der Waals surface area contributed by atoms with E-state index >= 15 is 0 Å². The first kappa shape index (κ1) is 16.8. The topological polar surface area (TPSA) is 29.1 Å². The summed E-state index contributed by atoms with van der Waals surface area (Å²) < 4.78 is 26.1. The Morgan fingerprint density at radius 3 is 1.96 bits per heavy atom. The van der Waals surface area contributed by atoms with Crippen molar-refractivity contribution in [3.8, 4) is 0 Å². The molecule has 1 N–H and O–H groups in total. The number of Topliss-reactive ketones (excluding diaryl/α,β-unsaturated/α-hetero) is 1. The first-order valence-electron chi connectivity index (χ1n) is 7.97. The first-order valence-corrected chi connectivity index (χ1v) is 7.97. The summed E-state index contributed by atoms with van der Waals surface area (Å²) in [6.45, 7) is 0. The van der Waals surface area contributed by atoms with Crippen LogP contribution in [0.4, 0.5) is 14.5 Å². The van der Waals surface area contributed by atoms with E-state index in [-0.39, 0.29) is 29.9 Å². The number of anilines is 1. The zero-order valence-corrected chi connectivity index (χ0v) is 13.5. The summed E-state index contributed by atoms with van der Waals surface area (Å²) >= 11 is 0. The Balaban J connectivity index is 1.82. The molecule has 4 heteroatoms. The second-order valence-corrected chi connectivity index (χ2v) is 5.75. The van der Waals surface area contributed by atoms with Gasteiger partial charge in [0.1, 0.15) is 11.6 Å². The van der Waals surface area contributed by atoms with Gasteiger partial charge in [-0.15, -0.1) is 0 Å². The quantitative estimate of drug-likeness (QED) is 0.611. The highest BCUT2D eigenvalue weighted by molar-refractivity contribution is 5.96. The Kier molecular flexibility index (Phi) is 5.19. The van der Waals surface area contributed by atoms with Crippen LogP contribution >= 0.6 is 0 Å².